The highest BCUT2D eigenvalue weighted by Gasteiger charge is 2.21. The minimum atomic E-state index is 0.679. The number of aryl methyl sites for hydroxylation is 3. The molecule has 3 aromatic heterocycles. The number of furan rings is 1. The molecule has 136 valence electrons. The monoisotopic (exact) mass is 365 g/mol. The highest BCUT2D eigenvalue weighted by molar-refractivity contribution is 6.09. The summed E-state index contributed by atoms with van der Waals surface area (Å²) < 4.78 is 8.50. The standard InChI is InChI=1S/C25H21N2O/c1-16-13-14-27(3)22(15-16)23-17(2)9-10-19-20-11-12-21(18-7-5-4-6-8-18)26-25(20)28-24(19)23/h4-15H,1-3H3/q+1. The maximum Gasteiger partial charge on any atom is 0.227 e. The van der Waals surface area contributed by atoms with Gasteiger partial charge in [-0.3, -0.25) is 0 Å². The number of aromatic nitrogens is 2. The van der Waals surface area contributed by atoms with Crippen LogP contribution in [0.2, 0.25) is 0 Å². The van der Waals surface area contributed by atoms with Gasteiger partial charge in [-0.05, 0) is 37.1 Å². The van der Waals surface area contributed by atoms with Crippen molar-refractivity contribution in [3.63, 3.8) is 0 Å². The molecule has 0 amide bonds. The van der Waals surface area contributed by atoms with Crippen molar-refractivity contribution in [2.24, 2.45) is 7.05 Å². The summed E-state index contributed by atoms with van der Waals surface area (Å²) in [6.45, 7) is 4.25. The lowest BCUT2D eigenvalue weighted by Gasteiger charge is -2.06. The van der Waals surface area contributed by atoms with E-state index in [-0.39, 0.29) is 0 Å². The molecule has 0 spiro atoms. The zero-order valence-corrected chi connectivity index (χ0v) is 16.2. The minimum absolute atomic E-state index is 0.679. The molecule has 0 fully saturated rings. The van der Waals surface area contributed by atoms with E-state index in [1.165, 1.54) is 11.1 Å². The number of rotatable bonds is 2. The van der Waals surface area contributed by atoms with E-state index in [1.807, 2.05) is 18.2 Å². The number of benzene rings is 2. The van der Waals surface area contributed by atoms with Crippen LogP contribution < -0.4 is 4.57 Å². The van der Waals surface area contributed by atoms with E-state index in [4.69, 9.17) is 9.40 Å². The average Bonchev–Trinajstić information content (AvgIpc) is 3.08. The third-order valence-corrected chi connectivity index (χ3v) is 5.35. The molecule has 5 rings (SSSR count). The van der Waals surface area contributed by atoms with E-state index in [2.05, 4.69) is 80.2 Å². The first-order chi connectivity index (χ1) is 13.6. The second kappa shape index (κ2) is 6.31. The normalized spacial score (nSPS) is 11.4. The fourth-order valence-corrected chi connectivity index (χ4v) is 3.83. The van der Waals surface area contributed by atoms with Gasteiger partial charge in [-0.2, -0.15) is 0 Å². The Morgan fingerprint density at radius 1 is 0.857 bits per heavy atom. The minimum Gasteiger partial charge on any atom is -0.437 e. The molecule has 2 aromatic carbocycles. The Hall–Kier alpha value is -3.46. The van der Waals surface area contributed by atoms with E-state index < -0.39 is 0 Å². The topological polar surface area (TPSA) is 29.9 Å². The maximum absolute atomic E-state index is 6.35. The summed E-state index contributed by atoms with van der Waals surface area (Å²) in [4.78, 5) is 4.81. The summed E-state index contributed by atoms with van der Waals surface area (Å²) >= 11 is 0. The summed E-state index contributed by atoms with van der Waals surface area (Å²) in [5, 5.41) is 2.15. The Bertz CT molecular complexity index is 1330. The highest BCUT2D eigenvalue weighted by atomic mass is 16.3. The molecule has 3 nitrogen and oxygen atoms in total. The van der Waals surface area contributed by atoms with Crippen molar-refractivity contribution in [2.75, 3.05) is 0 Å². The van der Waals surface area contributed by atoms with Gasteiger partial charge in [0.05, 0.1) is 11.3 Å². The van der Waals surface area contributed by atoms with Gasteiger partial charge < -0.3 is 4.42 Å². The Labute approximate surface area is 163 Å². The van der Waals surface area contributed by atoms with Crippen molar-refractivity contribution in [3.05, 3.63) is 84.1 Å². The molecule has 0 aliphatic rings. The average molecular weight is 365 g/mol. The molecule has 3 heteroatoms. The van der Waals surface area contributed by atoms with E-state index in [1.54, 1.807) is 0 Å². The predicted octanol–water partition coefficient (Wildman–Crippen LogP) is 5.76. The van der Waals surface area contributed by atoms with Gasteiger partial charge in [0.2, 0.25) is 11.4 Å². The molecule has 0 N–H and O–H groups in total. The van der Waals surface area contributed by atoms with Gasteiger partial charge in [0.15, 0.2) is 11.8 Å². The molecule has 28 heavy (non-hydrogen) atoms. The molecular weight excluding hydrogens is 344 g/mol. The van der Waals surface area contributed by atoms with Gasteiger partial charge in [0.1, 0.15) is 7.05 Å². The Morgan fingerprint density at radius 3 is 2.46 bits per heavy atom. The van der Waals surface area contributed by atoms with Gasteiger partial charge in [-0.15, -0.1) is 0 Å². The Morgan fingerprint density at radius 2 is 1.64 bits per heavy atom. The van der Waals surface area contributed by atoms with E-state index in [0.717, 1.165) is 38.9 Å². The van der Waals surface area contributed by atoms with Crippen molar-refractivity contribution >= 4 is 22.1 Å². The number of pyridine rings is 2. The molecule has 0 aliphatic carbocycles. The van der Waals surface area contributed by atoms with E-state index in [0.29, 0.717) is 5.71 Å². The zero-order chi connectivity index (χ0) is 19.3. The number of hydrogen-bond donors (Lipinski definition) is 0. The van der Waals surface area contributed by atoms with Crippen molar-refractivity contribution in [1.29, 1.82) is 0 Å². The largest absolute Gasteiger partial charge is 0.437 e. The summed E-state index contributed by atoms with van der Waals surface area (Å²) in [7, 11) is 2.07. The van der Waals surface area contributed by atoms with Crippen LogP contribution in [0.1, 0.15) is 11.1 Å². The SMILES string of the molecule is Cc1cc[n+](C)c(-c2c(C)ccc3c2oc2nc(-c4ccccc4)ccc23)c1. The quantitative estimate of drug-likeness (QED) is 0.373. The molecule has 5 aromatic rings. The Balaban J connectivity index is 1.80. The molecule has 0 radical (unpaired) electrons. The van der Waals surface area contributed by atoms with Crippen LogP contribution in [0.15, 0.2) is 77.3 Å². The second-order valence-electron chi connectivity index (χ2n) is 7.35. The summed E-state index contributed by atoms with van der Waals surface area (Å²) in [6, 6.07) is 23.0. The van der Waals surface area contributed by atoms with Crippen molar-refractivity contribution in [1.82, 2.24) is 4.98 Å². The lowest BCUT2D eigenvalue weighted by Crippen LogP contribution is -2.30. The Kier molecular flexibility index (Phi) is 3.76. The molecule has 0 unspecified atom stereocenters. The molecule has 0 saturated carbocycles. The molecule has 0 saturated heterocycles. The lowest BCUT2D eigenvalue weighted by molar-refractivity contribution is -0.660. The second-order valence-corrected chi connectivity index (χ2v) is 7.35. The van der Waals surface area contributed by atoms with Crippen molar-refractivity contribution in [2.45, 2.75) is 13.8 Å². The van der Waals surface area contributed by atoms with Crippen LogP contribution in [-0.2, 0) is 7.05 Å². The van der Waals surface area contributed by atoms with Gasteiger partial charge >= 0.3 is 0 Å². The van der Waals surface area contributed by atoms with Crippen LogP contribution in [-0.4, -0.2) is 4.98 Å². The summed E-state index contributed by atoms with van der Waals surface area (Å²) in [5.41, 5.74) is 8.28. The summed E-state index contributed by atoms with van der Waals surface area (Å²) in [5.74, 6) is 0. The smallest absolute Gasteiger partial charge is 0.227 e. The van der Waals surface area contributed by atoms with Crippen LogP contribution in [0, 0.1) is 13.8 Å². The number of fused-ring (bicyclic) bond motifs is 3. The van der Waals surface area contributed by atoms with Gasteiger partial charge in [0.25, 0.3) is 0 Å². The molecule has 0 bridgehead atoms. The van der Waals surface area contributed by atoms with Crippen LogP contribution in [0.3, 0.4) is 0 Å². The molecule has 0 aliphatic heterocycles. The maximum atomic E-state index is 6.35. The first-order valence-electron chi connectivity index (χ1n) is 9.47. The molecule has 3 heterocycles. The first kappa shape index (κ1) is 16.7. The van der Waals surface area contributed by atoms with Crippen LogP contribution in [0.25, 0.3) is 44.6 Å². The zero-order valence-electron chi connectivity index (χ0n) is 16.2. The number of hydrogen-bond acceptors (Lipinski definition) is 2. The molecular formula is C25H21N2O+. The first-order valence-corrected chi connectivity index (χ1v) is 9.47. The van der Waals surface area contributed by atoms with E-state index >= 15 is 0 Å². The van der Waals surface area contributed by atoms with Gasteiger partial charge in [-0.25, -0.2) is 9.55 Å². The fourth-order valence-electron chi connectivity index (χ4n) is 3.83. The van der Waals surface area contributed by atoms with Gasteiger partial charge in [0, 0.05) is 28.5 Å². The highest BCUT2D eigenvalue weighted by Crippen LogP contribution is 2.37. The third-order valence-electron chi connectivity index (χ3n) is 5.35. The number of nitrogens with zero attached hydrogens (tertiary/aromatic N) is 2. The summed E-state index contributed by atoms with van der Waals surface area (Å²) in [6.07, 6.45) is 2.09. The van der Waals surface area contributed by atoms with Crippen LogP contribution >= 0.6 is 0 Å². The van der Waals surface area contributed by atoms with Crippen molar-refractivity contribution in [3.8, 4) is 22.5 Å². The van der Waals surface area contributed by atoms with Crippen LogP contribution in [0.5, 0.6) is 0 Å². The van der Waals surface area contributed by atoms with Crippen molar-refractivity contribution < 1.29 is 8.98 Å². The van der Waals surface area contributed by atoms with Gasteiger partial charge in [-0.1, -0.05) is 42.5 Å². The van der Waals surface area contributed by atoms with Crippen LogP contribution in [0.4, 0.5) is 0 Å². The molecule has 0 atom stereocenters. The predicted molar refractivity (Wildman–Crippen MR) is 113 cm³/mol. The lowest BCUT2D eigenvalue weighted by atomic mass is 10.00. The fraction of sp³-hybridized carbons (Fsp3) is 0.120. The van der Waals surface area contributed by atoms with E-state index in [9.17, 15) is 0 Å². The third kappa shape index (κ3) is 2.59.